The Hall–Kier alpha value is -2.36. The predicted octanol–water partition coefficient (Wildman–Crippen LogP) is 7.75. The van der Waals surface area contributed by atoms with Gasteiger partial charge in [-0.15, -0.1) is 0 Å². The van der Waals surface area contributed by atoms with Gasteiger partial charge in [0.25, 0.3) is 0 Å². The molecule has 0 aromatic heterocycles. The number of hydrogen-bond donors (Lipinski definition) is 0. The Balaban J connectivity index is 1.57. The summed E-state index contributed by atoms with van der Waals surface area (Å²) in [4.78, 5) is 0. The molecule has 0 saturated carbocycles. The van der Waals surface area contributed by atoms with Crippen LogP contribution in [-0.2, 0) is 19.3 Å². The Morgan fingerprint density at radius 2 is 1.40 bits per heavy atom. The first-order valence-electron chi connectivity index (χ1n) is 10.8. The van der Waals surface area contributed by atoms with Crippen LogP contribution in [0.15, 0.2) is 48.1 Å². The standard InChI is InChI=1S/C26H28F4/c1-3-6-20-13-14-21(25(29)24(20)28)8-5-7-17-9-11-19(12-10-17)22-16-15-18(4-2)23(27)26(22)30/h9-11,13-16,19H,3-8,12H2,1-2H3. The average Bonchev–Trinajstić information content (AvgIpc) is 2.76. The van der Waals surface area contributed by atoms with E-state index in [1.807, 2.05) is 25.2 Å². The molecule has 160 valence electrons. The van der Waals surface area contributed by atoms with E-state index in [9.17, 15) is 17.6 Å². The first kappa shape index (κ1) is 22.3. The van der Waals surface area contributed by atoms with Gasteiger partial charge in [-0.1, -0.05) is 68.3 Å². The van der Waals surface area contributed by atoms with E-state index < -0.39 is 23.3 Å². The summed E-state index contributed by atoms with van der Waals surface area (Å²) in [6.07, 6.45) is 10.1. The Bertz CT molecular complexity index is 956. The van der Waals surface area contributed by atoms with Gasteiger partial charge in [-0.25, -0.2) is 17.6 Å². The van der Waals surface area contributed by atoms with Crippen molar-refractivity contribution in [2.75, 3.05) is 0 Å². The smallest absolute Gasteiger partial charge is 0.162 e. The molecule has 0 bridgehead atoms. The van der Waals surface area contributed by atoms with Crippen LogP contribution in [0.1, 0.15) is 67.7 Å². The maximum Gasteiger partial charge on any atom is 0.162 e. The van der Waals surface area contributed by atoms with Gasteiger partial charge < -0.3 is 0 Å². The molecule has 4 heteroatoms. The van der Waals surface area contributed by atoms with Gasteiger partial charge in [0.15, 0.2) is 23.3 Å². The molecular weight excluding hydrogens is 388 g/mol. The molecule has 0 fully saturated rings. The molecule has 0 heterocycles. The van der Waals surface area contributed by atoms with Crippen molar-refractivity contribution in [2.24, 2.45) is 0 Å². The zero-order valence-corrected chi connectivity index (χ0v) is 17.6. The van der Waals surface area contributed by atoms with E-state index in [-0.39, 0.29) is 5.92 Å². The summed E-state index contributed by atoms with van der Waals surface area (Å²) >= 11 is 0. The van der Waals surface area contributed by atoms with Crippen molar-refractivity contribution in [1.82, 2.24) is 0 Å². The van der Waals surface area contributed by atoms with Gasteiger partial charge in [-0.05, 0) is 60.8 Å². The Morgan fingerprint density at radius 3 is 2.00 bits per heavy atom. The van der Waals surface area contributed by atoms with E-state index in [0.717, 1.165) is 18.4 Å². The summed E-state index contributed by atoms with van der Waals surface area (Å²) < 4.78 is 56.8. The first-order chi connectivity index (χ1) is 14.5. The molecule has 1 aliphatic carbocycles. The van der Waals surface area contributed by atoms with Gasteiger partial charge in [0.05, 0.1) is 0 Å². The largest absolute Gasteiger partial charge is 0.203 e. The molecule has 1 atom stereocenters. The van der Waals surface area contributed by atoms with E-state index in [0.29, 0.717) is 54.4 Å². The van der Waals surface area contributed by atoms with Gasteiger partial charge in [0, 0.05) is 5.92 Å². The van der Waals surface area contributed by atoms with Crippen molar-refractivity contribution >= 4 is 0 Å². The Labute approximate surface area is 176 Å². The van der Waals surface area contributed by atoms with Crippen LogP contribution in [-0.4, -0.2) is 0 Å². The summed E-state index contributed by atoms with van der Waals surface area (Å²) in [5.41, 5.74) is 2.68. The summed E-state index contributed by atoms with van der Waals surface area (Å²) in [6.45, 7) is 3.74. The number of hydrogen-bond acceptors (Lipinski definition) is 0. The lowest BCUT2D eigenvalue weighted by Crippen LogP contribution is -2.05. The van der Waals surface area contributed by atoms with E-state index in [1.54, 1.807) is 31.2 Å². The third kappa shape index (κ3) is 4.85. The molecule has 3 rings (SSSR count). The number of benzene rings is 2. The van der Waals surface area contributed by atoms with Crippen molar-refractivity contribution < 1.29 is 17.6 Å². The molecule has 2 aromatic rings. The summed E-state index contributed by atoms with van der Waals surface area (Å²) in [5.74, 6) is -3.16. The molecule has 1 aliphatic rings. The number of allylic oxidation sites excluding steroid dienone is 4. The maximum absolute atomic E-state index is 14.4. The van der Waals surface area contributed by atoms with Crippen LogP contribution in [0.25, 0.3) is 0 Å². The average molecular weight is 417 g/mol. The highest BCUT2D eigenvalue weighted by atomic mass is 19.2. The second kappa shape index (κ2) is 10.1. The van der Waals surface area contributed by atoms with Gasteiger partial charge in [-0.2, -0.15) is 0 Å². The first-order valence-corrected chi connectivity index (χ1v) is 10.8. The van der Waals surface area contributed by atoms with Gasteiger partial charge in [0.2, 0.25) is 0 Å². The molecule has 0 saturated heterocycles. The highest BCUT2D eigenvalue weighted by molar-refractivity contribution is 5.36. The molecule has 0 amide bonds. The molecule has 0 spiro atoms. The zero-order valence-electron chi connectivity index (χ0n) is 17.6. The van der Waals surface area contributed by atoms with Crippen LogP contribution in [0.5, 0.6) is 0 Å². The normalized spacial score (nSPS) is 16.1. The number of aryl methyl sites for hydroxylation is 3. The van der Waals surface area contributed by atoms with Crippen LogP contribution in [0.4, 0.5) is 17.6 Å². The monoisotopic (exact) mass is 416 g/mol. The number of halogens is 4. The summed E-state index contributed by atoms with van der Waals surface area (Å²) in [6, 6.07) is 6.69. The van der Waals surface area contributed by atoms with Crippen molar-refractivity contribution in [3.63, 3.8) is 0 Å². The van der Waals surface area contributed by atoms with E-state index in [4.69, 9.17) is 0 Å². The third-order valence-corrected chi connectivity index (χ3v) is 5.82. The molecule has 30 heavy (non-hydrogen) atoms. The molecule has 0 aliphatic heterocycles. The molecule has 0 nitrogen and oxygen atoms in total. The van der Waals surface area contributed by atoms with Crippen LogP contribution < -0.4 is 0 Å². The molecule has 0 radical (unpaired) electrons. The zero-order chi connectivity index (χ0) is 21.7. The van der Waals surface area contributed by atoms with Crippen molar-refractivity contribution in [3.05, 3.63) is 93.6 Å². The number of rotatable bonds is 8. The van der Waals surface area contributed by atoms with Crippen LogP contribution in [0, 0.1) is 23.3 Å². The molecule has 1 unspecified atom stereocenters. The van der Waals surface area contributed by atoms with Crippen molar-refractivity contribution in [3.8, 4) is 0 Å². The van der Waals surface area contributed by atoms with Gasteiger partial charge >= 0.3 is 0 Å². The Morgan fingerprint density at radius 1 is 0.767 bits per heavy atom. The minimum absolute atomic E-state index is 0.188. The highest BCUT2D eigenvalue weighted by Gasteiger charge is 2.20. The quantitative estimate of drug-likeness (QED) is 0.386. The van der Waals surface area contributed by atoms with Gasteiger partial charge in [0.1, 0.15) is 0 Å². The molecule has 2 aromatic carbocycles. The second-order valence-corrected chi connectivity index (χ2v) is 7.89. The minimum atomic E-state index is -0.759. The van der Waals surface area contributed by atoms with Crippen molar-refractivity contribution in [2.45, 2.75) is 64.7 Å². The fourth-order valence-electron chi connectivity index (χ4n) is 4.01. The fraction of sp³-hybridized carbons (Fsp3) is 0.385. The SMILES string of the molecule is CCCc1ccc(CCCC2=CCC(c3ccc(CC)c(F)c3F)C=C2)c(F)c1F. The molecule has 0 N–H and O–H groups in total. The van der Waals surface area contributed by atoms with Crippen LogP contribution in [0.2, 0.25) is 0 Å². The van der Waals surface area contributed by atoms with E-state index in [2.05, 4.69) is 0 Å². The predicted molar refractivity (Wildman–Crippen MR) is 114 cm³/mol. The van der Waals surface area contributed by atoms with E-state index in [1.165, 1.54) is 0 Å². The lowest BCUT2D eigenvalue weighted by Gasteiger charge is -2.18. The topological polar surface area (TPSA) is 0 Å². The lowest BCUT2D eigenvalue weighted by molar-refractivity contribution is 0.486. The summed E-state index contributed by atoms with van der Waals surface area (Å²) in [5, 5.41) is 0. The van der Waals surface area contributed by atoms with Gasteiger partial charge in [-0.3, -0.25) is 0 Å². The van der Waals surface area contributed by atoms with Crippen LogP contribution in [0.3, 0.4) is 0 Å². The van der Waals surface area contributed by atoms with E-state index >= 15 is 0 Å². The Kier molecular flexibility index (Phi) is 7.52. The second-order valence-electron chi connectivity index (χ2n) is 7.89. The lowest BCUT2D eigenvalue weighted by atomic mass is 9.87. The van der Waals surface area contributed by atoms with Crippen molar-refractivity contribution in [1.29, 1.82) is 0 Å². The third-order valence-electron chi connectivity index (χ3n) is 5.82. The molecular formula is C26H28F4. The minimum Gasteiger partial charge on any atom is -0.203 e. The highest BCUT2D eigenvalue weighted by Crippen LogP contribution is 2.32. The maximum atomic E-state index is 14.4. The van der Waals surface area contributed by atoms with Crippen LogP contribution >= 0.6 is 0 Å². The fourth-order valence-corrected chi connectivity index (χ4v) is 4.01. The summed E-state index contributed by atoms with van der Waals surface area (Å²) in [7, 11) is 0.